The van der Waals surface area contributed by atoms with Crippen LogP contribution in [0.25, 0.3) is 11.5 Å². The van der Waals surface area contributed by atoms with E-state index in [2.05, 4.69) is 10.2 Å². The third-order valence-electron chi connectivity index (χ3n) is 4.72. The summed E-state index contributed by atoms with van der Waals surface area (Å²) in [6.45, 7) is 10.4. The number of amides is 1. The summed E-state index contributed by atoms with van der Waals surface area (Å²) < 4.78 is 20.2. The van der Waals surface area contributed by atoms with Crippen molar-refractivity contribution in [2.24, 2.45) is 5.84 Å². The second-order valence-corrected chi connectivity index (χ2v) is 7.39. The van der Waals surface area contributed by atoms with E-state index in [1.807, 2.05) is 26.2 Å². The van der Waals surface area contributed by atoms with Crippen molar-refractivity contribution in [3.8, 4) is 11.5 Å². The smallest absolute Gasteiger partial charge is 0.273 e. The van der Waals surface area contributed by atoms with E-state index >= 15 is 0 Å². The number of aryl methyl sites for hydroxylation is 2. The largest absolute Gasteiger partial charge is 0.423 e. The molecule has 0 aliphatic heterocycles. The monoisotopic (exact) mass is 564 g/mol. The molecule has 40 heavy (non-hydrogen) atoms. The quantitative estimate of drug-likeness (QED) is 0.115. The van der Waals surface area contributed by atoms with E-state index in [1.165, 1.54) is 30.7 Å². The van der Waals surface area contributed by atoms with E-state index in [0.29, 0.717) is 36.5 Å². The van der Waals surface area contributed by atoms with Crippen molar-refractivity contribution >= 4 is 17.3 Å². The minimum Gasteiger partial charge on any atom is -0.423 e. The molecule has 0 radical (unpaired) electrons. The zero-order valence-corrected chi connectivity index (χ0v) is 22.3. The number of hydrazine groups is 1. The molecule has 0 fully saturated rings. The average Bonchev–Trinajstić information content (AvgIpc) is 3.45. The lowest BCUT2D eigenvalue weighted by atomic mass is 10.1. The number of nitro groups is 2. The highest BCUT2D eigenvalue weighted by molar-refractivity contribution is 5.94. The average molecular weight is 565 g/mol. The van der Waals surface area contributed by atoms with E-state index in [0.717, 1.165) is 0 Å². The molecule has 0 atom stereocenters. The molecule has 0 saturated heterocycles. The van der Waals surface area contributed by atoms with Crippen LogP contribution in [0.5, 0.6) is 0 Å². The van der Waals surface area contributed by atoms with Crippen LogP contribution in [0.4, 0.5) is 11.4 Å². The van der Waals surface area contributed by atoms with Crippen LogP contribution in [0.3, 0.4) is 0 Å². The summed E-state index contributed by atoms with van der Waals surface area (Å²) in [5, 5.41) is 28.4. The van der Waals surface area contributed by atoms with Crippen LogP contribution in [0.1, 0.15) is 49.7 Å². The highest BCUT2D eigenvalue weighted by Crippen LogP contribution is 2.25. The van der Waals surface area contributed by atoms with Gasteiger partial charge >= 0.3 is 0 Å². The van der Waals surface area contributed by atoms with Gasteiger partial charge < -0.3 is 18.6 Å². The molecule has 0 aliphatic rings. The fourth-order valence-electron chi connectivity index (χ4n) is 2.82. The Morgan fingerprint density at radius 3 is 1.88 bits per heavy atom. The normalized spacial score (nSPS) is 9.88. The summed E-state index contributed by atoms with van der Waals surface area (Å²) in [7, 11) is 0. The highest BCUT2D eigenvalue weighted by atomic mass is 16.8. The van der Waals surface area contributed by atoms with E-state index in [1.54, 1.807) is 26.0 Å². The maximum Gasteiger partial charge on any atom is 0.273 e. The topological polar surface area (TPSA) is 208 Å². The second kappa shape index (κ2) is 18.9. The number of nitrogens with zero attached hydrogens (tertiary/aromatic N) is 4. The lowest BCUT2D eigenvalue weighted by molar-refractivity contribution is -0.385. The van der Waals surface area contributed by atoms with Gasteiger partial charge in [-0.3, -0.25) is 30.4 Å². The van der Waals surface area contributed by atoms with Gasteiger partial charge in [0.25, 0.3) is 23.8 Å². The van der Waals surface area contributed by atoms with Gasteiger partial charge in [0.15, 0.2) is 0 Å². The van der Waals surface area contributed by atoms with Gasteiger partial charge in [0.05, 0.1) is 9.85 Å². The first-order valence-electron chi connectivity index (χ1n) is 11.7. The number of nitro benzene ring substituents is 2. The van der Waals surface area contributed by atoms with Crippen molar-refractivity contribution in [2.75, 3.05) is 19.8 Å². The maximum atomic E-state index is 11.0. The molecule has 3 aromatic rings. The molecule has 1 heterocycles. The first-order valence-corrected chi connectivity index (χ1v) is 11.7. The molecule has 15 heteroatoms. The van der Waals surface area contributed by atoms with Gasteiger partial charge in [0, 0.05) is 54.2 Å². The molecule has 3 N–H and O–H groups in total. The molecule has 0 unspecified atom stereocenters. The van der Waals surface area contributed by atoms with Gasteiger partial charge in [0.2, 0.25) is 12.3 Å². The number of nitrogens with two attached hydrogens (primary N) is 1. The van der Waals surface area contributed by atoms with E-state index in [9.17, 15) is 25.0 Å². The fraction of sp³-hybridized carbons (Fsp3) is 0.400. The molecule has 1 aromatic heterocycles. The van der Waals surface area contributed by atoms with E-state index in [4.69, 9.17) is 24.5 Å². The SMILES string of the molecule is C.CCOC(OCC)OCC.Cc1ccc(-c2nnco2)cc1[N+](=O)[O-].Cc1ccc(C(=O)NN)cc1[N+](=O)[O-]. The first kappa shape index (κ1) is 35.7. The maximum absolute atomic E-state index is 11.0. The molecule has 0 aliphatic carbocycles. The predicted molar refractivity (Wildman–Crippen MR) is 146 cm³/mol. The van der Waals surface area contributed by atoms with Crippen molar-refractivity contribution < 1.29 is 33.3 Å². The highest BCUT2D eigenvalue weighted by Gasteiger charge is 2.15. The Morgan fingerprint density at radius 2 is 1.45 bits per heavy atom. The number of hydrogen-bond donors (Lipinski definition) is 2. The molecule has 1 amide bonds. The number of hydrogen-bond acceptors (Lipinski definition) is 12. The van der Waals surface area contributed by atoms with Gasteiger partial charge in [-0.15, -0.1) is 10.2 Å². The third-order valence-corrected chi connectivity index (χ3v) is 4.72. The van der Waals surface area contributed by atoms with Crippen LogP contribution in [0.2, 0.25) is 0 Å². The van der Waals surface area contributed by atoms with Crippen molar-refractivity contribution in [1.29, 1.82) is 0 Å². The summed E-state index contributed by atoms with van der Waals surface area (Å²) in [6, 6.07) is 8.95. The second-order valence-electron chi connectivity index (χ2n) is 7.39. The Kier molecular flexibility index (Phi) is 16.8. The number of nitrogens with one attached hydrogen (secondary N) is 1. The minimum atomic E-state index is -0.548. The van der Waals surface area contributed by atoms with Gasteiger partial charge in [-0.2, -0.15) is 0 Å². The van der Waals surface area contributed by atoms with Crippen LogP contribution in [0.15, 0.2) is 47.2 Å². The van der Waals surface area contributed by atoms with Crippen LogP contribution in [-0.2, 0) is 14.2 Å². The van der Waals surface area contributed by atoms with Crippen LogP contribution in [-0.4, -0.2) is 52.2 Å². The lowest BCUT2D eigenvalue weighted by Gasteiger charge is -2.15. The number of ether oxygens (including phenoxy) is 3. The van der Waals surface area contributed by atoms with E-state index in [-0.39, 0.29) is 30.3 Å². The van der Waals surface area contributed by atoms with Crippen LogP contribution < -0.4 is 11.3 Å². The predicted octanol–water partition coefficient (Wildman–Crippen LogP) is 4.48. The number of aromatic nitrogens is 2. The molecular weight excluding hydrogens is 528 g/mol. The summed E-state index contributed by atoms with van der Waals surface area (Å²) in [5.74, 6) is 4.63. The molecule has 0 saturated carbocycles. The molecular formula is C25H36N6O9. The number of rotatable bonds is 10. The van der Waals surface area contributed by atoms with Crippen LogP contribution >= 0.6 is 0 Å². The Balaban J connectivity index is 0.000000577. The molecule has 3 rings (SSSR count). The summed E-state index contributed by atoms with van der Waals surface area (Å²) >= 11 is 0. The molecule has 0 spiro atoms. The van der Waals surface area contributed by atoms with Crippen molar-refractivity contribution in [1.82, 2.24) is 15.6 Å². The number of carbonyl (C=O) groups is 1. The zero-order valence-electron chi connectivity index (χ0n) is 22.3. The Labute approximate surface area is 231 Å². The molecule has 15 nitrogen and oxygen atoms in total. The molecule has 2 aromatic carbocycles. The fourth-order valence-corrected chi connectivity index (χ4v) is 2.82. The third kappa shape index (κ3) is 11.6. The summed E-state index contributed by atoms with van der Waals surface area (Å²) in [6.07, 6.45) is 1.18. The molecule has 0 bridgehead atoms. The van der Waals surface area contributed by atoms with Gasteiger partial charge in [-0.25, -0.2) is 5.84 Å². The first-order chi connectivity index (χ1) is 18.6. The Morgan fingerprint density at radius 1 is 0.950 bits per heavy atom. The lowest BCUT2D eigenvalue weighted by Crippen LogP contribution is -2.29. The van der Waals surface area contributed by atoms with Gasteiger partial charge in [-0.1, -0.05) is 19.6 Å². The van der Waals surface area contributed by atoms with Crippen molar-refractivity contribution in [3.05, 3.63) is 79.7 Å². The van der Waals surface area contributed by atoms with Gasteiger partial charge in [-0.05, 0) is 46.8 Å². The Hall–Kier alpha value is -4.31. The van der Waals surface area contributed by atoms with Crippen molar-refractivity contribution in [3.63, 3.8) is 0 Å². The van der Waals surface area contributed by atoms with Crippen molar-refractivity contribution in [2.45, 2.75) is 48.5 Å². The number of carbonyl (C=O) groups excluding carboxylic acids is 1. The number of benzene rings is 2. The zero-order chi connectivity index (χ0) is 29.4. The van der Waals surface area contributed by atoms with E-state index < -0.39 is 22.2 Å². The number of nitrogen functional groups attached to an aromatic ring is 1. The standard InChI is InChI=1S/C9H7N3O3.C8H9N3O3.C7H16O3.CH4/c1-6-2-3-7(4-8(6)12(13)14)9-11-10-5-15-9;1-5-2-3-6(8(12)10-9)4-7(5)11(13)14;1-4-8-7(9-5-2)10-6-3;/h2-5H,1H3;2-4H,9H2,1H3,(H,10,12);7H,4-6H2,1-3H3;1H4. The van der Waals surface area contributed by atoms with Crippen LogP contribution in [0, 0.1) is 34.1 Å². The molecule has 220 valence electrons. The Bertz CT molecular complexity index is 1190. The van der Waals surface area contributed by atoms with Gasteiger partial charge in [0.1, 0.15) is 0 Å². The summed E-state index contributed by atoms with van der Waals surface area (Å²) in [5.41, 5.74) is 3.68. The summed E-state index contributed by atoms with van der Waals surface area (Å²) in [4.78, 5) is 31.3. The minimum absolute atomic E-state index is 0.